The Morgan fingerprint density at radius 1 is 1.03 bits per heavy atom. The summed E-state index contributed by atoms with van der Waals surface area (Å²) in [5.74, 6) is -0.915. The van der Waals surface area contributed by atoms with Crippen molar-refractivity contribution in [1.82, 2.24) is 10.3 Å². The number of aliphatic carboxylic acids is 1. The first-order chi connectivity index (χ1) is 18.0. The van der Waals surface area contributed by atoms with Crippen LogP contribution in [0.4, 0.5) is 0 Å². The van der Waals surface area contributed by atoms with Gasteiger partial charge in [-0.05, 0) is 61.3 Å². The second-order valence-corrected chi connectivity index (χ2v) is 10.3. The quantitative estimate of drug-likeness (QED) is 0.565. The number of benzene rings is 2. The van der Waals surface area contributed by atoms with E-state index in [2.05, 4.69) is 10.4 Å². The molecule has 0 aromatic heterocycles. The minimum Gasteiger partial charge on any atom is -0.481 e. The SMILES string of the molecule is O=C(N[C@H]1CC[C@@H](C(=O)O)C1)C(c1ccc(CN2N=C(c3ccccc3)OCC2=O)cc1)C1CCCC1. The zero-order chi connectivity index (χ0) is 25.8. The van der Waals surface area contributed by atoms with E-state index < -0.39 is 5.97 Å². The first kappa shape index (κ1) is 25.0. The second kappa shape index (κ2) is 11.2. The lowest BCUT2D eigenvalue weighted by atomic mass is 9.83. The molecule has 0 saturated heterocycles. The Morgan fingerprint density at radius 2 is 1.76 bits per heavy atom. The molecule has 1 aliphatic heterocycles. The molecule has 0 spiro atoms. The first-order valence-electron chi connectivity index (χ1n) is 13.2. The summed E-state index contributed by atoms with van der Waals surface area (Å²) in [5.41, 5.74) is 2.70. The molecular weight excluding hydrogens is 470 g/mol. The Labute approximate surface area is 216 Å². The highest BCUT2D eigenvalue weighted by Gasteiger charge is 2.36. The molecule has 2 amide bonds. The highest BCUT2D eigenvalue weighted by molar-refractivity contribution is 5.97. The second-order valence-electron chi connectivity index (χ2n) is 10.3. The van der Waals surface area contributed by atoms with Crippen molar-refractivity contribution in [2.24, 2.45) is 16.9 Å². The summed E-state index contributed by atoms with van der Waals surface area (Å²) in [5, 5.41) is 18.3. The molecule has 2 N–H and O–H groups in total. The average molecular weight is 504 g/mol. The maximum atomic E-state index is 13.4. The van der Waals surface area contributed by atoms with Crippen LogP contribution in [-0.4, -0.2) is 46.4 Å². The van der Waals surface area contributed by atoms with Crippen LogP contribution in [0.25, 0.3) is 0 Å². The molecule has 1 unspecified atom stereocenters. The van der Waals surface area contributed by atoms with Crippen LogP contribution in [0.15, 0.2) is 59.7 Å². The smallest absolute Gasteiger partial charge is 0.306 e. The lowest BCUT2D eigenvalue weighted by Gasteiger charge is -2.26. The number of carboxylic acid groups (broad SMARTS) is 1. The number of amides is 2. The fourth-order valence-electron chi connectivity index (χ4n) is 5.80. The maximum absolute atomic E-state index is 13.4. The predicted molar refractivity (Wildman–Crippen MR) is 138 cm³/mol. The molecule has 2 aromatic rings. The summed E-state index contributed by atoms with van der Waals surface area (Å²) in [6, 6.07) is 17.3. The molecule has 2 fully saturated rings. The Bertz CT molecular complexity index is 1160. The summed E-state index contributed by atoms with van der Waals surface area (Å²) < 4.78 is 5.53. The van der Waals surface area contributed by atoms with Crippen molar-refractivity contribution in [3.8, 4) is 0 Å². The molecule has 0 radical (unpaired) electrons. The molecule has 8 nitrogen and oxygen atoms in total. The van der Waals surface area contributed by atoms with Crippen LogP contribution in [0.2, 0.25) is 0 Å². The van der Waals surface area contributed by atoms with Crippen molar-refractivity contribution in [1.29, 1.82) is 0 Å². The van der Waals surface area contributed by atoms with Crippen molar-refractivity contribution in [2.75, 3.05) is 6.61 Å². The topological polar surface area (TPSA) is 108 Å². The number of carboxylic acids is 1. The van der Waals surface area contributed by atoms with Crippen LogP contribution >= 0.6 is 0 Å². The normalized spacial score (nSPS) is 22.9. The molecule has 3 atom stereocenters. The van der Waals surface area contributed by atoms with E-state index >= 15 is 0 Å². The number of carbonyl (C=O) groups is 3. The highest BCUT2D eigenvalue weighted by Crippen LogP contribution is 2.38. The zero-order valence-corrected chi connectivity index (χ0v) is 20.8. The van der Waals surface area contributed by atoms with E-state index in [1.807, 2.05) is 54.6 Å². The summed E-state index contributed by atoms with van der Waals surface area (Å²) in [6.45, 7) is 0.261. The molecule has 2 saturated carbocycles. The lowest BCUT2D eigenvalue weighted by molar-refractivity contribution is -0.141. The van der Waals surface area contributed by atoms with Crippen molar-refractivity contribution < 1.29 is 24.2 Å². The maximum Gasteiger partial charge on any atom is 0.306 e. The molecule has 0 bridgehead atoms. The summed E-state index contributed by atoms with van der Waals surface area (Å²) >= 11 is 0. The van der Waals surface area contributed by atoms with Gasteiger partial charge in [-0.25, -0.2) is 5.01 Å². The van der Waals surface area contributed by atoms with Crippen molar-refractivity contribution in [2.45, 2.75) is 63.5 Å². The van der Waals surface area contributed by atoms with Gasteiger partial charge in [0.2, 0.25) is 11.8 Å². The minimum atomic E-state index is -0.779. The van der Waals surface area contributed by atoms with Gasteiger partial charge in [-0.1, -0.05) is 55.3 Å². The van der Waals surface area contributed by atoms with Crippen molar-refractivity contribution in [3.05, 3.63) is 71.3 Å². The van der Waals surface area contributed by atoms with Crippen molar-refractivity contribution in [3.63, 3.8) is 0 Å². The Kier molecular flexibility index (Phi) is 7.53. The summed E-state index contributed by atoms with van der Waals surface area (Å²) in [4.78, 5) is 37.2. The minimum absolute atomic E-state index is 0.00357. The van der Waals surface area contributed by atoms with E-state index in [1.165, 1.54) is 5.01 Å². The summed E-state index contributed by atoms with van der Waals surface area (Å²) in [6.07, 6.45) is 6.09. The fraction of sp³-hybridized carbons (Fsp3) is 0.448. The predicted octanol–water partition coefficient (Wildman–Crippen LogP) is 4.05. The largest absolute Gasteiger partial charge is 0.481 e. The third kappa shape index (κ3) is 5.84. The molecule has 1 heterocycles. The standard InChI is InChI=1S/C29H33N3O5/c33-25-18-37-28(22-8-2-1-3-9-22)31-32(25)17-19-10-12-21(13-11-19)26(20-6-4-5-7-20)27(34)30-24-15-14-23(16-24)29(35)36/h1-3,8-13,20,23-24,26H,4-7,14-18H2,(H,30,34)(H,35,36)/t23-,24+,26?/m1/s1. The van der Waals surface area contributed by atoms with Gasteiger partial charge in [-0.2, -0.15) is 0 Å². The van der Waals surface area contributed by atoms with E-state index in [9.17, 15) is 19.5 Å². The molecular formula is C29H33N3O5. The van der Waals surface area contributed by atoms with E-state index in [0.717, 1.165) is 42.4 Å². The fourth-order valence-corrected chi connectivity index (χ4v) is 5.80. The lowest BCUT2D eigenvalue weighted by Crippen LogP contribution is -2.39. The molecule has 37 heavy (non-hydrogen) atoms. The molecule has 3 aliphatic rings. The van der Waals surface area contributed by atoms with Gasteiger partial charge in [-0.3, -0.25) is 14.4 Å². The molecule has 5 rings (SSSR count). The highest BCUT2D eigenvalue weighted by atomic mass is 16.5. The van der Waals surface area contributed by atoms with E-state index in [0.29, 0.717) is 31.7 Å². The third-order valence-corrected chi connectivity index (χ3v) is 7.81. The number of ether oxygens (including phenoxy) is 1. The number of hydrogen-bond acceptors (Lipinski definition) is 5. The van der Waals surface area contributed by atoms with Crippen LogP contribution in [-0.2, 0) is 25.7 Å². The van der Waals surface area contributed by atoms with Gasteiger partial charge in [0.15, 0.2) is 6.61 Å². The van der Waals surface area contributed by atoms with Gasteiger partial charge >= 0.3 is 5.97 Å². The van der Waals surface area contributed by atoms with E-state index in [-0.39, 0.29) is 42.2 Å². The first-order valence-corrected chi connectivity index (χ1v) is 13.2. The molecule has 8 heteroatoms. The number of rotatable bonds is 8. The number of nitrogens with zero attached hydrogens (tertiary/aromatic N) is 2. The third-order valence-electron chi connectivity index (χ3n) is 7.81. The monoisotopic (exact) mass is 503 g/mol. The van der Waals surface area contributed by atoms with Crippen LogP contribution in [0.1, 0.15) is 67.6 Å². The van der Waals surface area contributed by atoms with E-state index in [4.69, 9.17) is 4.74 Å². The molecule has 194 valence electrons. The number of carbonyl (C=O) groups excluding carboxylic acids is 2. The van der Waals surface area contributed by atoms with Crippen LogP contribution in [0, 0.1) is 11.8 Å². The number of nitrogens with one attached hydrogen (secondary N) is 1. The van der Waals surface area contributed by atoms with Crippen LogP contribution < -0.4 is 5.32 Å². The summed E-state index contributed by atoms with van der Waals surface area (Å²) in [7, 11) is 0. The number of hydrogen-bond donors (Lipinski definition) is 2. The van der Waals surface area contributed by atoms with Gasteiger partial charge in [0.05, 0.1) is 18.4 Å². The van der Waals surface area contributed by atoms with Crippen molar-refractivity contribution >= 4 is 23.7 Å². The van der Waals surface area contributed by atoms with Gasteiger partial charge in [0, 0.05) is 11.6 Å². The zero-order valence-electron chi connectivity index (χ0n) is 20.8. The molecule has 2 aromatic carbocycles. The Hall–Kier alpha value is -3.68. The van der Waals surface area contributed by atoms with E-state index in [1.54, 1.807) is 0 Å². The van der Waals surface area contributed by atoms with Gasteiger partial charge in [0.25, 0.3) is 5.91 Å². The average Bonchev–Trinajstić information content (AvgIpc) is 3.60. The Balaban J connectivity index is 1.29. The van der Waals surface area contributed by atoms with Crippen LogP contribution in [0.3, 0.4) is 0 Å². The molecule has 2 aliphatic carbocycles. The van der Waals surface area contributed by atoms with Crippen LogP contribution in [0.5, 0.6) is 0 Å². The van der Waals surface area contributed by atoms with Gasteiger partial charge in [-0.15, -0.1) is 5.10 Å². The number of hydrazone groups is 1. The Morgan fingerprint density at radius 3 is 2.43 bits per heavy atom. The van der Waals surface area contributed by atoms with Gasteiger partial charge < -0.3 is 15.2 Å². The van der Waals surface area contributed by atoms with Gasteiger partial charge in [0.1, 0.15) is 0 Å².